The number of esters is 1. The highest BCUT2D eigenvalue weighted by atomic mass is 79.9. The van der Waals surface area contributed by atoms with Crippen molar-refractivity contribution < 1.29 is 9.53 Å². The summed E-state index contributed by atoms with van der Waals surface area (Å²) in [5, 5.41) is 7.12. The van der Waals surface area contributed by atoms with Crippen LogP contribution in [-0.2, 0) is 9.53 Å². The third-order valence-corrected chi connectivity index (χ3v) is 3.97. The lowest BCUT2D eigenvalue weighted by atomic mass is 10.1. The van der Waals surface area contributed by atoms with Crippen LogP contribution in [0.1, 0.15) is 18.5 Å². The molecular weight excluding hydrogens is 326 g/mol. The molecule has 1 unspecified atom stereocenters. The quantitative estimate of drug-likeness (QED) is 0.828. The smallest absolute Gasteiger partial charge is 0.333 e. The van der Waals surface area contributed by atoms with Gasteiger partial charge in [-0.25, -0.2) is 4.79 Å². The first-order chi connectivity index (χ1) is 9.22. The van der Waals surface area contributed by atoms with Gasteiger partial charge in [-0.1, -0.05) is 12.1 Å². The maximum Gasteiger partial charge on any atom is 0.333 e. The van der Waals surface area contributed by atoms with Crippen molar-refractivity contribution in [3.63, 3.8) is 0 Å². The maximum absolute atomic E-state index is 12.1. The summed E-state index contributed by atoms with van der Waals surface area (Å²) in [6.45, 7) is 2.18. The molecule has 1 N–H and O–H groups in total. The van der Waals surface area contributed by atoms with E-state index in [0.717, 1.165) is 15.7 Å². The molecule has 2 aromatic rings. The molecule has 0 aliphatic heterocycles. The van der Waals surface area contributed by atoms with Crippen LogP contribution >= 0.6 is 27.3 Å². The molecular formula is C14H14BrNO2S. The molecule has 0 spiro atoms. The van der Waals surface area contributed by atoms with Crippen molar-refractivity contribution in [2.45, 2.75) is 13.0 Å². The van der Waals surface area contributed by atoms with Crippen LogP contribution < -0.4 is 5.32 Å². The Kier molecular flexibility index (Phi) is 4.99. The molecule has 1 heterocycles. The number of hydrogen-bond donors (Lipinski definition) is 1. The van der Waals surface area contributed by atoms with Crippen molar-refractivity contribution in [1.82, 2.24) is 0 Å². The summed E-state index contributed by atoms with van der Waals surface area (Å²) in [6, 6.07) is 9.14. The van der Waals surface area contributed by atoms with Gasteiger partial charge in [0.05, 0.1) is 6.61 Å². The van der Waals surface area contributed by atoms with E-state index in [0.29, 0.717) is 6.61 Å². The summed E-state index contributed by atoms with van der Waals surface area (Å²) in [6.07, 6.45) is 0. The van der Waals surface area contributed by atoms with Crippen molar-refractivity contribution in [2.24, 2.45) is 0 Å². The van der Waals surface area contributed by atoms with Gasteiger partial charge in [0.2, 0.25) is 0 Å². The number of anilines is 1. The molecule has 0 saturated carbocycles. The minimum atomic E-state index is -0.482. The third-order valence-electron chi connectivity index (χ3n) is 2.57. The molecule has 0 aliphatic carbocycles. The highest BCUT2D eigenvalue weighted by molar-refractivity contribution is 9.10. The molecule has 5 heteroatoms. The number of benzene rings is 1. The van der Waals surface area contributed by atoms with Gasteiger partial charge >= 0.3 is 5.97 Å². The number of ether oxygens (including phenoxy) is 1. The second-order valence-electron chi connectivity index (χ2n) is 3.87. The molecule has 2 rings (SSSR count). The summed E-state index contributed by atoms with van der Waals surface area (Å²) in [5.41, 5.74) is 1.78. The highest BCUT2D eigenvalue weighted by Crippen LogP contribution is 2.28. The lowest BCUT2D eigenvalue weighted by Crippen LogP contribution is -2.23. The van der Waals surface area contributed by atoms with Gasteiger partial charge in [0.15, 0.2) is 6.04 Å². The SMILES string of the molecule is CCOC(=O)C(Nc1ccccc1Br)c1ccsc1. The maximum atomic E-state index is 12.1. The van der Waals surface area contributed by atoms with Crippen molar-refractivity contribution >= 4 is 38.9 Å². The first kappa shape index (κ1) is 14.1. The predicted octanol–water partition coefficient (Wildman–Crippen LogP) is 4.23. The number of hydrogen-bond acceptors (Lipinski definition) is 4. The van der Waals surface area contributed by atoms with E-state index in [1.54, 1.807) is 18.3 Å². The summed E-state index contributed by atoms with van der Waals surface area (Å²) in [4.78, 5) is 12.1. The van der Waals surface area contributed by atoms with Crippen molar-refractivity contribution in [3.05, 3.63) is 51.1 Å². The van der Waals surface area contributed by atoms with Gasteiger partial charge in [-0.2, -0.15) is 11.3 Å². The molecule has 19 heavy (non-hydrogen) atoms. The Morgan fingerprint density at radius 2 is 2.21 bits per heavy atom. The van der Waals surface area contributed by atoms with E-state index in [1.165, 1.54) is 0 Å². The average molecular weight is 340 g/mol. The molecule has 0 bridgehead atoms. The minimum absolute atomic E-state index is 0.267. The van der Waals surface area contributed by atoms with Gasteiger partial charge in [-0.15, -0.1) is 0 Å². The van der Waals surface area contributed by atoms with Crippen LogP contribution in [0.3, 0.4) is 0 Å². The summed E-state index contributed by atoms with van der Waals surface area (Å²) < 4.78 is 6.04. The van der Waals surface area contributed by atoms with Crippen molar-refractivity contribution in [2.75, 3.05) is 11.9 Å². The van der Waals surface area contributed by atoms with Crippen LogP contribution in [0.25, 0.3) is 0 Å². The molecule has 0 saturated heterocycles. The first-order valence-corrected chi connectivity index (χ1v) is 7.65. The van der Waals surface area contributed by atoms with Crippen LogP contribution in [-0.4, -0.2) is 12.6 Å². The zero-order valence-corrected chi connectivity index (χ0v) is 12.8. The van der Waals surface area contributed by atoms with Gasteiger partial charge in [0.1, 0.15) is 0 Å². The minimum Gasteiger partial charge on any atom is -0.464 e. The Bertz CT molecular complexity index is 542. The Balaban J connectivity index is 2.24. The van der Waals surface area contributed by atoms with Crippen LogP contribution in [0, 0.1) is 0 Å². The second-order valence-corrected chi connectivity index (χ2v) is 5.50. The van der Waals surface area contributed by atoms with Gasteiger partial charge < -0.3 is 10.1 Å². The lowest BCUT2D eigenvalue weighted by molar-refractivity contribution is -0.144. The number of rotatable bonds is 5. The predicted molar refractivity (Wildman–Crippen MR) is 81.5 cm³/mol. The number of thiophene rings is 1. The standard InChI is InChI=1S/C14H14BrNO2S/c1-2-18-14(17)13(10-7-8-19-9-10)16-12-6-4-3-5-11(12)15/h3-9,13,16H,2H2,1H3. The number of carbonyl (C=O) groups excluding carboxylic acids is 1. The fourth-order valence-electron chi connectivity index (χ4n) is 1.68. The average Bonchev–Trinajstić information content (AvgIpc) is 2.91. The molecule has 0 amide bonds. The molecule has 0 fully saturated rings. The van der Waals surface area contributed by atoms with E-state index < -0.39 is 6.04 Å². The number of carbonyl (C=O) groups is 1. The van der Waals surface area contributed by atoms with Gasteiger partial charge in [0, 0.05) is 10.2 Å². The fraction of sp³-hybridized carbons (Fsp3) is 0.214. The van der Waals surface area contributed by atoms with Crippen LogP contribution in [0.2, 0.25) is 0 Å². The number of nitrogens with one attached hydrogen (secondary N) is 1. The van der Waals surface area contributed by atoms with E-state index in [2.05, 4.69) is 21.2 Å². The van der Waals surface area contributed by atoms with Crippen molar-refractivity contribution in [3.8, 4) is 0 Å². The van der Waals surface area contributed by atoms with Gasteiger partial charge in [0.25, 0.3) is 0 Å². The monoisotopic (exact) mass is 339 g/mol. The van der Waals surface area contributed by atoms with E-state index in [-0.39, 0.29) is 5.97 Å². The van der Waals surface area contributed by atoms with Gasteiger partial charge in [-0.3, -0.25) is 0 Å². The molecule has 0 aliphatic rings. The normalized spacial score (nSPS) is 11.9. The van der Waals surface area contributed by atoms with E-state index in [9.17, 15) is 4.79 Å². The Labute approximate surface area is 124 Å². The lowest BCUT2D eigenvalue weighted by Gasteiger charge is -2.18. The van der Waals surface area contributed by atoms with Crippen molar-refractivity contribution in [1.29, 1.82) is 0 Å². The highest BCUT2D eigenvalue weighted by Gasteiger charge is 2.22. The molecule has 1 aromatic heterocycles. The summed E-state index contributed by atoms with van der Waals surface area (Å²) in [7, 11) is 0. The zero-order valence-electron chi connectivity index (χ0n) is 10.4. The molecule has 1 aromatic carbocycles. The van der Waals surface area contributed by atoms with Crippen LogP contribution in [0.15, 0.2) is 45.6 Å². The summed E-state index contributed by atoms with van der Waals surface area (Å²) >= 11 is 5.02. The molecule has 3 nitrogen and oxygen atoms in total. The largest absolute Gasteiger partial charge is 0.464 e. The molecule has 1 atom stereocenters. The van der Waals surface area contributed by atoms with Crippen LogP contribution in [0.5, 0.6) is 0 Å². The topological polar surface area (TPSA) is 38.3 Å². The van der Waals surface area contributed by atoms with E-state index >= 15 is 0 Å². The Hall–Kier alpha value is -1.33. The number of halogens is 1. The van der Waals surface area contributed by atoms with E-state index in [1.807, 2.05) is 41.1 Å². The fourth-order valence-corrected chi connectivity index (χ4v) is 2.76. The van der Waals surface area contributed by atoms with Crippen LogP contribution in [0.4, 0.5) is 5.69 Å². The third kappa shape index (κ3) is 3.58. The molecule has 0 radical (unpaired) electrons. The first-order valence-electron chi connectivity index (χ1n) is 5.92. The Morgan fingerprint density at radius 3 is 2.84 bits per heavy atom. The molecule has 100 valence electrons. The number of para-hydroxylation sites is 1. The summed E-state index contributed by atoms with van der Waals surface area (Å²) in [5.74, 6) is -0.267. The van der Waals surface area contributed by atoms with E-state index in [4.69, 9.17) is 4.74 Å². The Morgan fingerprint density at radius 1 is 1.42 bits per heavy atom. The van der Waals surface area contributed by atoms with Gasteiger partial charge in [-0.05, 0) is 57.4 Å². The zero-order chi connectivity index (χ0) is 13.7. The second kappa shape index (κ2) is 6.73.